The third kappa shape index (κ3) is 3.63. The summed E-state index contributed by atoms with van der Waals surface area (Å²) in [6.45, 7) is 4.60. The van der Waals surface area contributed by atoms with Crippen LogP contribution in [0.25, 0.3) is 0 Å². The molecule has 2 aromatic heterocycles. The first-order valence-electron chi connectivity index (χ1n) is 9.55. The van der Waals surface area contributed by atoms with E-state index < -0.39 is 22.2 Å². The predicted octanol–water partition coefficient (Wildman–Crippen LogP) is 2.59. The predicted molar refractivity (Wildman–Crippen MR) is 99.0 cm³/mol. The summed E-state index contributed by atoms with van der Waals surface area (Å²) >= 11 is 0. The molecule has 4 rings (SSSR count). The van der Waals surface area contributed by atoms with Crippen molar-refractivity contribution >= 4 is 15.8 Å². The van der Waals surface area contributed by atoms with Gasteiger partial charge >= 0.3 is 6.18 Å². The van der Waals surface area contributed by atoms with Crippen molar-refractivity contribution in [1.29, 1.82) is 0 Å². The highest BCUT2D eigenvalue weighted by Crippen LogP contribution is 2.41. The summed E-state index contributed by atoms with van der Waals surface area (Å²) in [6, 6.07) is -0.387. The number of sulfonamides is 1. The van der Waals surface area contributed by atoms with Crippen molar-refractivity contribution in [2.24, 2.45) is 0 Å². The summed E-state index contributed by atoms with van der Waals surface area (Å²) in [4.78, 5) is 0.122. The molecule has 0 bridgehead atoms. The van der Waals surface area contributed by atoms with Crippen molar-refractivity contribution in [3.63, 3.8) is 0 Å². The molecule has 1 saturated heterocycles. The van der Waals surface area contributed by atoms with Gasteiger partial charge in [-0.15, -0.1) is 0 Å². The minimum absolute atomic E-state index is 0.0930. The van der Waals surface area contributed by atoms with Crippen molar-refractivity contribution < 1.29 is 21.6 Å². The Balaban J connectivity index is 1.56. The maximum Gasteiger partial charge on any atom is 0.410 e. The lowest BCUT2D eigenvalue weighted by atomic mass is 10.0. The fourth-order valence-electron chi connectivity index (χ4n) is 3.96. The summed E-state index contributed by atoms with van der Waals surface area (Å²) < 4.78 is 69.9. The number of fused-ring (bicyclic) bond motifs is 1. The molecule has 2 aliphatic heterocycles. The molecule has 0 spiro atoms. The number of aryl methyl sites for hydroxylation is 1. The average Bonchev–Trinajstić information content (AvgIpc) is 3.37. The zero-order valence-electron chi connectivity index (χ0n) is 16.1. The second kappa shape index (κ2) is 7.01. The Morgan fingerprint density at radius 1 is 1.34 bits per heavy atom. The van der Waals surface area contributed by atoms with Crippen LogP contribution < -0.4 is 5.32 Å². The van der Waals surface area contributed by atoms with Crippen LogP contribution in [-0.4, -0.2) is 57.6 Å². The van der Waals surface area contributed by atoms with Crippen molar-refractivity contribution in [3.05, 3.63) is 24.2 Å². The van der Waals surface area contributed by atoms with Gasteiger partial charge in [0.2, 0.25) is 10.0 Å². The molecule has 0 amide bonds. The van der Waals surface area contributed by atoms with Gasteiger partial charge in [0.1, 0.15) is 10.7 Å². The largest absolute Gasteiger partial charge is 0.410 e. The second-order valence-corrected chi connectivity index (χ2v) is 9.56. The van der Waals surface area contributed by atoms with Crippen molar-refractivity contribution in [2.75, 3.05) is 18.4 Å². The van der Waals surface area contributed by atoms with E-state index in [0.29, 0.717) is 31.0 Å². The van der Waals surface area contributed by atoms with Crippen LogP contribution >= 0.6 is 0 Å². The van der Waals surface area contributed by atoms with E-state index in [4.69, 9.17) is 0 Å². The van der Waals surface area contributed by atoms with Gasteiger partial charge in [-0.2, -0.15) is 27.7 Å². The molecule has 2 aromatic rings. The van der Waals surface area contributed by atoms with Crippen LogP contribution in [-0.2, 0) is 16.6 Å². The fraction of sp³-hybridized carbons (Fsp3) is 0.647. The number of nitrogens with one attached hydrogen (secondary N) is 1. The van der Waals surface area contributed by atoms with E-state index in [9.17, 15) is 21.6 Å². The lowest BCUT2D eigenvalue weighted by Crippen LogP contribution is -2.37. The monoisotopic (exact) mass is 432 g/mol. The lowest BCUT2D eigenvalue weighted by Gasteiger charge is -2.31. The molecule has 160 valence electrons. The summed E-state index contributed by atoms with van der Waals surface area (Å²) in [5, 5.41) is 11.3. The molecule has 0 radical (unpaired) electrons. The average molecular weight is 432 g/mol. The highest BCUT2D eigenvalue weighted by atomic mass is 32.2. The third-order valence-corrected chi connectivity index (χ3v) is 7.36. The summed E-state index contributed by atoms with van der Waals surface area (Å²) in [5.41, 5.74) is 0.484. The summed E-state index contributed by atoms with van der Waals surface area (Å²) in [5.74, 6) is 0.0710. The van der Waals surface area contributed by atoms with Crippen molar-refractivity contribution in [1.82, 2.24) is 23.9 Å². The molecule has 0 unspecified atom stereocenters. The molecule has 1 N–H and O–H groups in total. The van der Waals surface area contributed by atoms with E-state index in [0.717, 1.165) is 4.68 Å². The number of nitrogens with zero attached hydrogens (tertiary/aromatic N) is 5. The first kappa shape index (κ1) is 20.2. The SMILES string of the molecule is CCn1cc(S(=O)(=O)N2CC[C@H](c3cc4n(n3)[C@@H](C(F)(F)F)C[C@@H](C)N4)C2)cn1. The molecular formula is C17H23F3N6O2S. The van der Waals surface area contributed by atoms with Crippen LogP contribution in [0.2, 0.25) is 0 Å². The Bertz CT molecular complexity index is 999. The Morgan fingerprint density at radius 2 is 2.10 bits per heavy atom. The number of hydrogen-bond acceptors (Lipinski definition) is 5. The topological polar surface area (TPSA) is 85.0 Å². The Labute approximate surface area is 166 Å². The van der Waals surface area contributed by atoms with Gasteiger partial charge in [0.05, 0.1) is 11.9 Å². The molecule has 0 saturated carbocycles. The fourth-order valence-corrected chi connectivity index (χ4v) is 5.42. The van der Waals surface area contributed by atoms with E-state index in [1.54, 1.807) is 13.0 Å². The molecule has 8 nitrogen and oxygen atoms in total. The van der Waals surface area contributed by atoms with Gasteiger partial charge in [-0.05, 0) is 26.7 Å². The molecule has 2 aliphatic rings. The number of hydrogen-bond donors (Lipinski definition) is 1. The zero-order valence-corrected chi connectivity index (χ0v) is 16.9. The van der Waals surface area contributed by atoms with E-state index in [1.165, 1.54) is 21.4 Å². The molecule has 0 aromatic carbocycles. The normalized spacial score (nSPS) is 25.8. The van der Waals surface area contributed by atoms with E-state index in [1.807, 2.05) is 6.92 Å². The second-order valence-electron chi connectivity index (χ2n) is 7.62. The van der Waals surface area contributed by atoms with Gasteiger partial charge in [-0.25, -0.2) is 13.1 Å². The maximum absolute atomic E-state index is 13.4. The molecule has 4 heterocycles. The Hall–Kier alpha value is -2.08. The summed E-state index contributed by atoms with van der Waals surface area (Å²) in [7, 11) is -3.69. The number of rotatable bonds is 4. The molecule has 29 heavy (non-hydrogen) atoms. The number of halogens is 3. The molecule has 3 atom stereocenters. The van der Waals surface area contributed by atoms with E-state index >= 15 is 0 Å². The van der Waals surface area contributed by atoms with Gasteiger partial charge in [0.15, 0.2) is 6.04 Å². The van der Waals surface area contributed by atoms with E-state index in [2.05, 4.69) is 15.5 Å². The standard InChI is InChI=1S/C17H23F3N6O2S/c1-3-24-10-13(8-21-24)29(27,28)25-5-4-12(9-25)14-7-16-22-11(2)6-15(17(18,19)20)26(16)23-14/h7-8,10-12,15,22H,3-6,9H2,1-2H3/t11-,12+,15-/m1/s1. The third-order valence-electron chi connectivity index (χ3n) is 5.54. The molecule has 1 fully saturated rings. The van der Waals surface area contributed by atoms with E-state index in [-0.39, 0.29) is 29.8 Å². The number of alkyl halides is 3. The highest BCUT2D eigenvalue weighted by molar-refractivity contribution is 7.89. The van der Waals surface area contributed by atoms with Crippen LogP contribution in [0.15, 0.2) is 23.4 Å². The van der Waals surface area contributed by atoms with Gasteiger partial charge in [-0.3, -0.25) is 4.68 Å². The van der Waals surface area contributed by atoms with Gasteiger partial charge in [0, 0.05) is 43.9 Å². The van der Waals surface area contributed by atoms with Gasteiger partial charge in [-0.1, -0.05) is 0 Å². The molecular weight excluding hydrogens is 409 g/mol. The van der Waals surface area contributed by atoms with Crippen LogP contribution in [0.1, 0.15) is 44.3 Å². The van der Waals surface area contributed by atoms with Gasteiger partial charge < -0.3 is 5.32 Å². The molecule has 12 heteroatoms. The van der Waals surface area contributed by atoms with Crippen LogP contribution in [0.3, 0.4) is 0 Å². The zero-order chi connectivity index (χ0) is 21.0. The Morgan fingerprint density at radius 3 is 2.76 bits per heavy atom. The quantitative estimate of drug-likeness (QED) is 0.803. The maximum atomic E-state index is 13.4. The van der Waals surface area contributed by atoms with Crippen LogP contribution in [0, 0.1) is 0 Å². The number of aromatic nitrogens is 4. The highest BCUT2D eigenvalue weighted by Gasteiger charge is 2.46. The minimum Gasteiger partial charge on any atom is -0.368 e. The first-order chi connectivity index (χ1) is 13.6. The van der Waals surface area contributed by atoms with Crippen LogP contribution in [0.5, 0.6) is 0 Å². The first-order valence-corrected chi connectivity index (χ1v) is 11.0. The Kier molecular flexibility index (Phi) is 4.88. The van der Waals surface area contributed by atoms with Crippen molar-refractivity contribution in [2.45, 2.75) is 62.3 Å². The number of anilines is 1. The van der Waals surface area contributed by atoms with Crippen LogP contribution in [0.4, 0.5) is 19.0 Å². The lowest BCUT2D eigenvalue weighted by molar-refractivity contribution is -0.173. The smallest absolute Gasteiger partial charge is 0.368 e. The molecule has 0 aliphatic carbocycles. The summed E-state index contributed by atoms with van der Waals surface area (Å²) in [6.07, 6.45) is -1.18. The van der Waals surface area contributed by atoms with Crippen molar-refractivity contribution in [3.8, 4) is 0 Å². The van der Waals surface area contributed by atoms with Gasteiger partial charge in [0.25, 0.3) is 0 Å². The minimum atomic E-state index is -4.39.